The molecule has 0 atom stereocenters. The number of nitrogens with zero attached hydrogens (tertiary/aromatic N) is 2. The van der Waals surface area contributed by atoms with Crippen molar-refractivity contribution in [3.8, 4) is 0 Å². The highest BCUT2D eigenvalue weighted by Crippen LogP contribution is 2.31. The van der Waals surface area contributed by atoms with E-state index in [2.05, 4.69) is 17.3 Å². The van der Waals surface area contributed by atoms with Crippen LogP contribution in [0.25, 0.3) is 0 Å². The molecule has 0 radical (unpaired) electrons. The molecule has 2 aromatic rings. The maximum absolute atomic E-state index is 12.5. The van der Waals surface area contributed by atoms with Crippen molar-refractivity contribution in [3.05, 3.63) is 42.2 Å². The molecule has 3 nitrogen and oxygen atoms in total. The second-order valence-electron chi connectivity index (χ2n) is 4.27. The molecule has 0 aliphatic carbocycles. The normalized spacial score (nSPS) is 11.0. The minimum atomic E-state index is -2.41. The maximum atomic E-state index is 12.5. The van der Waals surface area contributed by atoms with E-state index in [-0.39, 0.29) is 0 Å². The summed E-state index contributed by atoms with van der Waals surface area (Å²) < 4.78 is 26.9. The first-order valence-electron chi connectivity index (χ1n) is 6.49. The van der Waals surface area contributed by atoms with Crippen LogP contribution < -0.4 is 5.32 Å². The van der Waals surface area contributed by atoms with E-state index in [1.807, 2.05) is 22.9 Å². The van der Waals surface area contributed by atoms with Crippen molar-refractivity contribution in [2.45, 2.75) is 37.1 Å². The monoisotopic (exact) mass is 297 g/mol. The Hall–Kier alpha value is -1.56. The van der Waals surface area contributed by atoms with Crippen LogP contribution in [0, 0.1) is 0 Å². The highest BCUT2D eigenvalue weighted by Gasteiger charge is 2.10. The van der Waals surface area contributed by atoms with Gasteiger partial charge in [0.05, 0.1) is 12.2 Å². The number of alkyl halides is 2. The number of para-hydroxylation sites is 1. The van der Waals surface area contributed by atoms with E-state index in [9.17, 15) is 8.78 Å². The molecule has 6 heteroatoms. The van der Waals surface area contributed by atoms with Gasteiger partial charge in [-0.15, -0.1) is 0 Å². The molecule has 108 valence electrons. The zero-order valence-electron chi connectivity index (χ0n) is 11.2. The minimum absolute atomic E-state index is 0.558. The van der Waals surface area contributed by atoms with E-state index >= 15 is 0 Å². The van der Waals surface area contributed by atoms with Crippen LogP contribution in [0.1, 0.15) is 19.0 Å². The number of benzene rings is 1. The summed E-state index contributed by atoms with van der Waals surface area (Å²) in [6.07, 6.45) is 2.76. The molecular weight excluding hydrogens is 280 g/mol. The number of aryl methyl sites for hydroxylation is 1. The van der Waals surface area contributed by atoms with Crippen molar-refractivity contribution in [1.29, 1.82) is 0 Å². The molecule has 2 rings (SSSR count). The lowest BCUT2D eigenvalue weighted by Gasteiger charge is -2.12. The summed E-state index contributed by atoms with van der Waals surface area (Å²) in [6.45, 7) is 3.52. The highest BCUT2D eigenvalue weighted by molar-refractivity contribution is 7.99. The molecule has 0 unspecified atom stereocenters. The Morgan fingerprint density at radius 2 is 2.10 bits per heavy atom. The summed E-state index contributed by atoms with van der Waals surface area (Å²) >= 11 is 0.558. The molecule has 0 bridgehead atoms. The average molecular weight is 297 g/mol. The van der Waals surface area contributed by atoms with Crippen molar-refractivity contribution >= 4 is 17.4 Å². The zero-order chi connectivity index (χ0) is 14.4. The molecule has 0 fully saturated rings. The lowest BCUT2D eigenvalue weighted by Crippen LogP contribution is -2.09. The second-order valence-corrected chi connectivity index (χ2v) is 5.31. The van der Waals surface area contributed by atoms with Gasteiger partial charge in [-0.05, 0) is 24.6 Å². The molecule has 0 amide bonds. The lowest BCUT2D eigenvalue weighted by molar-refractivity contribution is 0.252. The average Bonchev–Trinajstić information content (AvgIpc) is 2.85. The second kappa shape index (κ2) is 7.28. The first-order chi connectivity index (χ1) is 9.70. The van der Waals surface area contributed by atoms with Crippen LogP contribution in [0.2, 0.25) is 0 Å². The lowest BCUT2D eigenvalue weighted by atomic mass is 10.3. The van der Waals surface area contributed by atoms with Crippen molar-refractivity contribution < 1.29 is 8.78 Å². The minimum Gasteiger partial charge on any atom is -0.378 e. The van der Waals surface area contributed by atoms with E-state index in [0.717, 1.165) is 24.3 Å². The van der Waals surface area contributed by atoms with Crippen LogP contribution in [0.15, 0.2) is 41.4 Å². The molecule has 0 spiro atoms. The number of nitrogens with one attached hydrogen (secondary N) is 1. The molecule has 1 aromatic carbocycles. The first-order valence-corrected chi connectivity index (χ1v) is 7.37. The molecule has 0 saturated heterocycles. The molecule has 1 N–H and O–H groups in total. The number of hydrogen-bond acceptors (Lipinski definition) is 3. The Balaban J connectivity index is 2.05. The fourth-order valence-corrected chi connectivity index (χ4v) is 2.54. The summed E-state index contributed by atoms with van der Waals surface area (Å²) in [4.78, 5) is 0.559. The number of rotatable bonds is 7. The number of thioether (sulfide) groups is 1. The van der Waals surface area contributed by atoms with Crippen molar-refractivity contribution in [1.82, 2.24) is 9.78 Å². The molecule has 1 aromatic heterocycles. The summed E-state index contributed by atoms with van der Waals surface area (Å²) in [5, 5.41) is 7.45. The Morgan fingerprint density at radius 1 is 1.30 bits per heavy atom. The van der Waals surface area contributed by atoms with Crippen molar-refractivity contribution in [2.75, 3.05) is 5.32 Å². The smallest absolute Gasteiger partial charge is 0.288 e. The summed E-state index contributed by atoms with van der Waals surface area (Å²) in [5.41, 5.74) is 1.77. The first kappa shape index (κ1) is 14.8. The third-order valence-electron chi connectivity index (χ3n) is 2.80. The predicted octanol–water partition coefficient (Wildman–Crippen LogP) is 4.22. The Morgan fingerprint density at radius 3 is 2.85 bits per heavy atom. The van der Waals surface area contributed by atoms with E-state index in [1.54, 1.807) is 18.3 Å². The van der Waals surface area contributed by atoms with Gasteiger partial charge in [0, 0.05) is 23.3 Å². The number of halogens is 2. The van der Waals surface area contributed by atoms with Crippen LogP contribution in [-0.2, 0) is 13.1 Å². The van der Waals surface area contributed by atoms with Gasteiger partial charge in [-0.3, -0.25) is 4.68 Å². The van der Waals surface area contributed by atoms with Crippen molar-refractivity contribution in [2.24, 2.45) is 0 Å². The van der Waals surface area contributed by atoms with Gasteiger partial charge in [-0.2, -0.15) is 13.9 Å². The Kier molecular flexibility index (Phi) is 5.40. The largest absolute Gasteiger partial charge is 0.378 e. The SMILES string of the molecule is CCCn1nccc1CNc1ccccc1SC(F)F. The Bertz CT molecular complexity index is 543. The molecular formula is C14H17F2N3S. The van der Waals surface area contributed by atoms with E-state index in [1.165, 1.54) is 0 Å². The molecule has 1 heterocycles. The van der Waals surface area contributed by atoms with Gasteiger partial charge in [-0.1, -0.05) is 30.8 Å². The maximum Gasteiger partial charge on any atom is 0.288 e. The predicted molar refractivity (Wildman–Crippen MR) is 78.1 cm³/mol. The van der Waals surface area contributed by atoms with Gasteiger partial charge in [0.15, 0.2) is 0 Å². The van der Waals surface area contributed by atoms with Crippen LogP contribution >= 0.6 is 11.8 Å². The van der Waals surface area contributed by atoms with E-state index in [4.69, 9.17) is 0 Å². The number of aromatic nitrogens is 2. The van der Waals surface area contributed by atoms with Crippen LogP contribution in [-0.4, -0.2) is 15.5 Å². The van der Waals surface area contributed by atoms with E-state index in [0.29, 0.717) is 23.2 Å². The number of anilines is 1. The molecule has 0 aliphatic rings. The van der Waals surface area contributed by atoms with Gasteiger partial charge < -0.3 is 5.32 Å². The molecule has 0 aliphatic heterocycles. The molecule has 0 saturated carbocycles. The van der Waals surface area contributed by atoms with Gasteiger partial charge >= 0.3 is 0 Å². The summed E-state index contributed by atoms with van der Waals surface area (Å²) in [7, 11) is 0. The summed E-state index contributed by atoms with van der Waals surface area (Å²) in [6, 6.07) is 9.04. The fraction of sp³-hybridized carbons (Fsp3) is 0.357. The third-order valence-corrected chi connectivity index (χ3v) is 3.59. The van der Waals surface area contributed by atoms with Crippen LogP contribution in [0.4, 0.5) is 14.5 Å². The highest BCUT2D eigenvalue weighted by atomic mass is 32.2. The summed E-state index contributed by atoms with van der Waals surface area (Å²) in [5.74, 6) is -2.41. The quantitative estimate of drug-likeness (QED) is 0.776. The van der Waals surface area contributed by atoms with Gasteiger partial charge in [0.25, 0.3) is 5.76 Å². The topological polar surface area (TPSA) is 29.9 Å². The third kappa shape index (κ3) is 3.96. The van der Waals surface area contributed by atoms with Crippen LogP contribution in [0.5, 0.6) is 0 Å². The fourth-order valence-electron chi connectivity index (χ4n) is 1.92. The van der Waals surface area contributed by atoms with Gasteiger partial charge in [-0.25, -0.2) is 0 Å². The van der Waals surface area contributed by atoms with Gasteiger partial charge in [0.2, 0.25) is 0 Å². The Labute approximate surface area is 121 Å². The number of hydrogen-bond donors (Lipinski definition) is 1. The van der Waals surface area contributed by atoms with E-state index < -0.39 is 5.76 Å². The van der Waals surface area contributed by atoms with Crippen LogP contribution in [0.3, 0.4) is 0 Å². The van der Waals surface area contributed by atoms with Gasteiger partial charge in [0.1, 0.15) is 0 Å². The standard InChI is InChI=1S/C14H17F2N3S/c1-2-9-19-11(7-8-18-19)10-17-12-5-3-4-6-13(12)20-14(15)16/h3-8,14,17H,2,9-10H2,1H3. The molecule has 20 heavy (non-hydrogen) atoms. The zero-order valence-corrected chi connectivity index (χ0v) is 12.0. The van der Waals surface area contributed by atoms with Crippen molar-refractivity contribution in [3.63, 3.8) is 0 Å².